The topological polar surface area (TPSA) is 113 Å². The van der Waals surface area contributed by atoms with Crippen LogP contribution in [0, 0.1) is 0 Å². The first kappa shape index (κ1) is 19.5. The van der Waals surface area contributed by atoms with E-state index in [4.69, 9.17) is 10.9 Å². The number of nitrogens with one attached hydrogen (secondary N) is 2. The summed E-state index contributed by atoms with van der Waals surface area (Å²) < 4.78 is 0. The molecule has 0 fully saturated rings. The maximum absolute atomic E-state index is 12.1. The first-order chi connectivity index (χ1) is 14.7. The fourth-order valence-corrected chi connectivity index (χ4v) is 3.30. The van der Waals surface area contributed by atoms with E-state index in [0.717, 1.165) is 28.9 Å². The normalized spacial score (nSPS) is 10.7. The highest BCUT2D eigenvalue weighted by Gasteiger charge is 2.13. The van der Waals surface area contributed by atoms with Crippen molar-refractivity contribution in [2.24, 2.45) is 5.73 Å². The van der Waals surface area contributed by atoms with Gasteiger partial charge >= 0.3 is 0 Å². The Bertz CT molecular complexity index is 1170. The van der Waals surface area contributed by atoms with E-state index in [1.165, 1.54) is 0 Å². The number of nitrogens with zero attached hydrogens (tertiary/aromatic N) is 2. The monoisotopic (exact) mass is 399 g/mol. The van der Waals surface area contributed by atoms with Gasteiger partial charge in [0.1, 0.15) is 0 Å². The van der Waals surface area contributed by atoms with E-state index in [0.29, 0.717) is 28.7 Å². The number of carbonyl (C=O) groups is 1. The zero-order valence-corrected chi connectivity index (χ0v) is 16.2. The molecule has 4 aromatic rings. The molecule has 7 nitrogen and oxygen atoms in total. The van der Waals surface area contributed by atoms with Crippen LogP contribution in [0.3, 0.4) is 0 Å². The lowest BCUT2D eigenvalue weighted by Gasteiger charge is -2.10. The van der Waals surface area contributed by atoms with Gasteiger partial charge in [-0.1, -0.05) is 36.4 Å². The number of benzene rings is 2. The van der Waals surface area contributed by atoms with Crippen molar-refractivity contribution in [3.8, 4) is 22.4 Å². The molecule has 0 radical (unpaired) electrons. The Morgan fingerprint density at radius 2 is 1.63 bits per heavy atom. The van der Waals surface area contributed by atoms with Crippen molar-refractivity contribution < 1.29 is 10.0 Å². The van der Waals surface area contributed by atoms with E-state index in [1.807, 2.05) is 36.4 Å². The van der Waals surface area contributed by atoms with Gasteiger partial charge in [-0.15, -0.1) is 0 Å². The highest BCUT2D eigenvalue weighted by molar-refractivity contribution is 6.06. The smallest absolute Gasteiger partial charge is 0.275 e. The highest BCUT2D eigenvalue weighted by Crippen LogP contribution is 2.27. The van der Waals surface area contributed by atoms with Gasteiger partial charge in [0.25, 0.3) is 5.91 Å². The molecule has 0 bridgehead atoms. The van der Waals surface area contributed by atoms with Crippen LogP contribution in [0.15, 0.2) is 73.1 Å². The SMILES string of the molecule is NCCNc1ccc(-c2ccc(-c3cc(C(=O)NO)c4cnccc4n3)cc2)cc1. The first-order valence-electron chi connectivity index (χ1n) is 9.53. The molecule has 4 rings (SSSR count). The quantitative estimate of drug-likeness (QED) is 0.292. The average molecular weight is 399 g/mol. The minimum absolute atomic E-state index is 0.315. The molecule has 30 heavy (non-hydrogen) atoms. The third-order valence-corrected chi connectivity index (χ3v) is 4.83. The van der Waals surface area contributed by atoms with Gasteiger partial charge in [-0.05, 0) is 35.4 Å². The molecule has 2 heterocycles. The maximum atomic E-state index is 12.1. The number of rotatable bonds is 6. The molecule has 0 aliphatic carbocycles. The van der Waals surface area contributed by atoms with Crippen LogP contribution in [-0.4, -0.2) is 34.2 Å². The van der Waals surface area contributed by atoms with Crippen LogP contribution in [0.2, 0.25) is 0 Å². The van der Waals surface area contributed by atoms with E-state index in [-0.39, 0.29) is 0 Å². The molecular formula is C23H21N5O2. The van der Waals surface area contributed by atoms with E-state index in [2.05, 4.69) is 27.4 Å². The van der Waals surface area contributed by atoms with Gasteiger partial charge in [0.15, 0.2) is 0 Å². The number of anilines is 1. The molecular weight excluding hydrogens is 378 g/mol. The largest absolute Gasteiger partial charge is 0.384 e. The van der Waals surface area contributed by atoms with Crippen LogP contribution in [0.25, 0.3) is 33.3 Å². The van der Waals surface area contributed by atoms with Crippen LogP contribution in [0.4, 0.5) is 5.69 Å². The number of hydrogen-bond donors (Lipinski definition) is 4. The number of nitrogens with two attached hydrogens (primary N) is 1. The summed E-state index contributed by atoms with van der Waals surface area (Å²) in [6, 6.07) is 19.5. The average Bonchev–Trinajstić information content (AvgIpc) is 2.82. The van der Waals surface area contributed by atoms with Gasteiger partial charge in [-0.2, -0.15) is 0 Å². The number of amides is 1. The molecule has 150 valence electrons. The molecule has 7 heteroatoms. The third-order valence-electron chi connectivity index (χ3n) is 4.83. The van der Waals surface area contributed by atoms with Crippen LogP contribution < -0.4 is 16.5 Å². The van der Waals surface area contributed by atoms with E-state index in [1.54, 1.807) is 30.0 Å². The summed E-state index contributed by atoms with van der Waals surface area (Å²) in [6.07, 6.45) is 3.18. The standard InChI is InChI=1S/C23H21N5O2/c24-10-12-26-18-7-5-16(6-8-18)15-1-3-17(4-2-15)22-13-19(23(29)28-30)20-14-25-11-9-21(20)27-22/h1-9,11,13-14,26,30H,10,12,24H2,(H,28,29). The second-order valence-electron chi connectivity index (χ2n) is 6.76. The molecule has 0 unspecified atom stereocenters. The zero-order chi connectivity index (χ0) is 20.9. The molecule has 2 aromatic carbocycles. The summed E-state index contributed by atoms with van der Waals surface area (Å²) in [6.45, 7) is 1.32. The van der Waals surface area contributed by atoms with Crippen molar-refractivity contribution in [1.29, 1.82) is 0 Å². The van der Waals surface area contributed by atoms with E-state index >= 15 is 0 Å². The maximum Gasteiger partial charge on any atom is 0.275 e. The lowest BCUT2D eigenvalue weighted by atomic mass is 10.0. The second kappa shape index (κ2) is 8.69. The number of fused-ring (bicyclic) bond motifs is 1. The van der Waals surface area contributed by atoms with Gasteiger partial charge in [0.05, 0.1) is 16.8 Å². The predicted octanol–water partition coefficient (Wildman–Crippen LogP) is 3.45. The summed E-state index contributed by atoms with van der Waals surface area (Å²) in [7, 11) is 0. The Kier molecular flexibility index (Phi) is 5.65. The van der Waals surface area contributed by atoms with E-state index in [9.17, 15) is 4.79 Å². The fraction of sp³-hybridized carbons (Fsp3) is 0.0870. The molecule has 0 aliphatic heterocycles. The Labute approximate surface area is 173 Å². The zero-order valence-electron chi connectivity index (χ0n) is 16.2. The predicted molar refractivity (Wildman–Crippen MR) is 117 cm³/mol. The molecule has 0 saturated carbocycles. The minimum atomic E-state index is -0.600. The molecule has 0 aliphatic rings. The van der Waals surface area contributed by atoms with Crippen LogP contribution in [0.1, 0.15) is 10.4 Å². The number of hydroxylamine groups is 1. The van der Waals surface area contributed by atoms with Gasteiger partial charge < -0.3 is 11.1 Å². The highest BCUT2D eigenvalue weighted by atomic mass is 16.5. The van der Waals surface area contributed by atoms with Gasteiger partial charge in [0.2, 0.25) is 0 Å². The lowest BCUT2D eigenvalue weighted by Crippen LogP contribution is -2.19. The Hall–Kier alpha value is -3.81. The summed E-state index contributed by atoms with van der Waals surface area (Å²) in [5, 5.41) is 12.9. The van der Waals surface area contributed by atoms with Crippen molar-refractivity contribution in [1.82, 2.24) is 15.4 Å². The fourth-order valence-electron chi connectivity index (χ4n) is 3.30. The van der Waals surface area contributed by atoms with Gasteiger partial charge in [-0.3, -0.25) is 15.0 Å². The van der Waals surface area contributed by atoms with Crippen molar-refractivity contribution in [3.63, 3.8) is 0 Å². The molecule has 0 atom stereocenters. The Balaban J connectivity index is 1.66. The van der Waals surface area contributed by atoms with Crippen LogP contribution >= 0.6 is 0 Å². The van der Waals surface area contributed by atoms with Crippen molar-refractivity contribution >= 4 is 22.5 Å². The van der Waals surface area contributed by atoms with Gasteiger partial charge in [0, 0.05) is 42.1 Å². The van der Waals surface area contributed by atoms with Crippen LogP contribution in [-0.2, 0) is 0 Å². The molecule has 1 amide bonds. The van der Waals surface area contributed by atoms with Gasteiger partial charge in [-0.25, -0.2) is 10.5 Å². The Morgan fingerprint density at radius 3 is 2.30 bits per heavy atom. The molecule has 0 saturated heterocycles. The number of carbonyl (C=O) groups excluding carboxylic acids is 1. The van der Waals surface area contributed by atoms with Crippen molar-refractivity contribution in [2.45, 2.75) is 0 Å². The molecule has 2 aromatic heterocycles. The number of hydrogen-bond acceptors (Lipinski definition) is 6. The lowest BCUT2D eigenvalue weighted by molar-refractivity contribution is 0.0708. The Morgan fingerprint density at radius 1 is 0.967 bits per heavy atom. The number of aromatic nitrogens is 2. The summed E-state index contributed by atoms with van der Waals surface area (Å²) >= 11 is 0. The summed E-state index contributed by atoms with van der Waals surface area (Å²) in [5.74, 6) is -0.600. The third kappa shape index (κ3) is 3.98. The second-order valence-corrected chi connectivity index (χ2v) is 6.76. The summed E-state index contributed by atoms with van der Waals surface area (Å²) in [4.78, 5) is 20.8. The molecule has 5 N–H and O–H groups in total. The van der Waals surface area contributed by atoms with Crippen molar-refractivity contribution in [3.05, 3.63) is 78.6 Å². The van der Waals surface area contributed by atoms with E-state index < -0.39 is 5.91 Å². The van der Waals surface area contributed by atoms with Crippen LogP contribution in [0.5, 0.6) is 0 Å². The first-order valence-corrected chi connectivity index (χ1v) is 9.53. The number of pyridine rings is 2. The van der Waals surface area contributed by atoms with Crippen molar-refractivity contribution in [2.75, 3.05) is 18.4 Å². The summed E-state index contributed by atoms with van der Waals surface area (Å²) in [5.41, 5.74) is 12.9. The molecule has 0 spiro atoms. The minimum Gasteiger partial charge on any atom is -0.384 e.